The van der Waals surface area contributed by atoms with Gasteiger partial charge in [-0.05, 0) is 89.3 Å². The number of fused-ring (bicyclic) bond motifs is 1. The Bertz CT molecular complexity index is 1980. The van der Waals surface area contributed by atoms with E-state index in [0.717, 1.165) is 8.01 Å². The normalized spacial score (nSPS) is 10.7. The van der Waals surface area contributed by atoms with E-state index in [2.05, 4.69) is 16.0 Å². The molecule has 210 valence electrons. The molecule has 0 aliphatic rings. The van der Waals surface area contributed by atoms with Gasteiger partial charge in [0.2, 0.25) is 0 Å². The molecule has 0 radical (unpaired) electrons. The zero-order chi connectivity index (χ0) is 30.4. The highest BCUT2D eigenvalue weighted by Gasteiger charge is 2.28. The molecule has 0 amide bonds. The van der Waals surface area contributed by atoms with Gasteiger partial charge in [0.05, 0.1) is 27.2 Å². The van der Waals surface area contributed by atoms with Crippen molar-refractivity contribution in [3.8, 4) is 18.0 Å². The van der Waals surface area contributed by atoms with Crippen LogP contribution in [0.4, 0.5) is 5.69 Å². The molecule has 0 fully saturated rings. The van der Waals surface area contributed by atoms with Crippen LogP contribution in [-0.2, 0) is 14.8 Å². The summed E-state index contributed by atoms with van der Waals surface area (Å²) in [7, 11) is -4.30. The van der Waals surface area contributed by atoms with E-state index in [9.17, 15) is 23.6 Å². The summed E-state index contributed by atoms with van der Waals surface area (Å²) in [5.74, 6) is -0.914. The van der Waals surface area contributed by atoms with E-state index in [0.29, 0.717) is 27.8 Å². The number of benzene rings is 2. The zero-order valence-corrected chi connectivity index (χ0v) is 25.7. The molecule has 0 aliphatic heterocycles. The summed E-state index contributed by atoms with van der Waals surface area (Å²) in [4.78, 5) is 19.5. The van der Waals surface area contributed by atoms with Crippen molar-refractivity contribution < 1.29 is 18.3 Å². The lowest BCUT2D eigenvalue weighted by Gasteiger charge is -2.23. The molecule has 5 aromatic rings. The fourth-order valence-electron chi connectivity index (χ4n) is 3.86. The SMILES string of the molecule is N#Cc1cccnc1-n1ccc2cc(N(CC(=O)O)S(=O)(=O)c3cc(Cl)cc(Cl)c3)ccc21.N#Cc1cccnc1I. The Kier molecular flexibility index (Phi) is 9.65. The molecule has 5 rings (SSSR count). The third kappa shape index (κ3) is 6.80. The molecule has 0 aliphatic carbocycles. The maximum atomic E-state index is 13.3. The van der Waals surface area contributed by atoms with E-state index in [1.165, 1.54) is 24.3 Å². The molecule has 0 unspecified atom stereocenters. The van der Waals surface area contributed by atoms with Gasteiger partial charge in [-0.1, -0.05) is 23.2 Å². The van der Waals surface area contributed by atoms with Crippen LogP contribution in [0.2, 0.25) is 10.0 Å². The van der Waals surface area contributed by atoms with Crippen molar-refractivity contribution in [1.29, 1.82) is 10.5 Å². The minimum absolute atomic E-state index is 0.104. The Hall–Kier alpha value is -4.21. The second-order valence-electron chi connectivity index (χ2n) is 8.38. The van der Waals surface area contributed by atoms with Gasteiger partial charge in [0, 0.05) is 34.0 Å². The number of carbonyl (C=O) groups is 1. The van der Waals surface area contributed by atoms with Crippen molar-refractivity contribution >= 4 is 78.4 Å². The van der Waals surface area contributed by atoms with Crippen LogP contribution >= 0.6 is 45.8 Å². The zero-order valence-electron chi connectivity index (χ0n) is 21.2. The minimum Gasteiger partial charge on any atom is -0.480 e. The first-order valence-electron chi connectivity index (χ1n) is 11.7. The molecular weight excluding hydrogens is 714 g/mol. The van der Waals surface area contributed by atoms with Crippen LogP contribution in [0, 0.1) is 26.4 Å². The molecule has 1 N–H and O–H groups in total. The average Bonchev–Trinajstić information content (AvgIpc) is 3.39. The first-order chi connectivity index (χ1) is 20.0. The first kappa shape index (κ1) is 30.7. The smallest absolute Gasteiger partial charge is 0.324 e. The Morgan fingerprint density at radius 2 is 1.60 bits per heavy atom. The van der Waals surface area contributed by atoms with Gasteiger partial charge in [0.15, 0.2) is 5.82 Å². The lowest BCUT2D eigenvalue weighted by Crippen LogP contribution is -2.35. The molecule has 42 heavy (non-hydrogen) atoms. The third-order valence-corrected chi connectivity index (χ3v) is 8.73. The van der Waals surface area contributed by atoms with Crippen LogP contribution < -0.4 is 4.31 Å². The van der Waals surface area contributed by atoms with Crippen molar-refractivity contribution in [3.05, 3.63) is 110 Å². The van der Waals surface area contributed by atoms with Gasteiger partial charge >= 0.3 is 5.97 Å². The van der Waals surface area contributed by atoms with Crippen LogP contribution in [0.5, 0.6) is 0 Å². The predicted molar refractivity (Wildman–Crippen MR) is 166 cm³/mol. The quantitative estimate of drug-likeness (QED) is 0.164. The molecule has 0 atom stereocenters. The van der Waals surface area contributed by atoms with E-state index in [4.69, 9.17) is 28.5 Å². The second kappa shape index (κ2) is 13.2. The number of rotatable bonds is 6. The van der Waals surface area contributed by atoms with Crippen LogP contribution in [-0.4, -0.2) is 40.6 Å². The van der Waals surface area contributed by atoms with Gasteiger partial charge < -0.3 is 9.67 Å². The summed E-state index contributed by atoms with van der Waals surface area (Å²) in [6.45, 7) is -0.808. The summed E-state index contributed by atoms with van der Waals surface area (Å²) in [6, 6.07) is 21.1. The van der Waals surface area contributed by atoms with E-state index in [1.54, 1.807) is 65.6 Å². The van der Waals surface area contributed by atoms with Crippen molar-refractivity contribution in [3.63, 3.8) is 0 Å². The maximum Gasteiger partial charge on any atom is 0.324 e. The number of nitrogens with zero attached hydrogens (tertiary/aromatic N) is 6. The molecule has 3 heterocycles. The van der Waals surface area contributed by atoms with Crippen molar-refractivity contribution in [2.24, 2.45) is 0 Å². The number of aliphatic carboxylic acids is 1. The van der Waals surface area contributed by atoms with Gasteiger partial charge in [-0.2, -0.15) is 10.5 Å². The molecule has 0 spiro atoms. The summed E-state index contributed by atoms with van der Waals surface area (Å²) >= 11 is 13.9. The Balaban J connectivity index is 0.000000385. The van der Waals surface area contributed by atoms with E-state index in [-0.39, 0.29) is 20.6 Å². The standard InChI is InChI=1S/C22H14Cl2N4O4S.C6H3IN2/c23-16-9-17(24)11-19(10-16)33(31,32)28(13-21(29)30)18-3-4-20-14(8-18)5-7-27(20)22-15(12-25)2-1-6-26-22;7-6-5(4-8)2-1-3-9-6/h1-11H,13H2,(H,29,30);1-3H. The van der Waals surface area contributed by atoms with Crippen molar-refractivity contribution in [2.75, 3.05) is 10.8 Å². The fourth-order valence-corrected chi connectivity index (χ4v) is 6.45. The van der Waals surface area contributed by atoms with Crippen LogP contribution in [0.25, 0.3) is 16.7 Å². The number of halogens is 3. The molecule has 14 heteroatoms. The van der Waals surface area contributed by atoms with Crippen molar-refractivity contribution in [1.82, 2.24) is 14.5 Å². The largest absolute Gasteiger partial charge is 0.480 e. The molecule has 0 saturated heterocycles. The summed E-state index contributed by atoms with van der Waals surface area (Å²) in [5, 5.41) is 28.0. The Morgan fingerprint density at radius 3 is 2.19 bits per heavy atom. The Labute approximate surface area is 264 Å². The number of carboxylic acid groups (broad SMARTS) is 1. The van der Waals surface area contributed by atoms with Crippen molar-refractivity contribution in [2.45, 2.75) is 4.90 Å². The fraction of sp³-hybridized carbons (Fsp3) is 0.0357. The molecule has 0 bridgehead atoms. The molecule has 2 aromatic carbocycles. The van der Waals surface area contributed by atoms with Gasteiger partial charge in [0.1, 0.15) is 22.4 Å². The number of sulfonamides is 1. The summed E-state index contributed by atoms with van der Waals surface area (Å²) in [6.07, 6.45) is 4.93. The van der Waals surface area contributed by atoms with Gasteiger partial charge in [-0.3, -0.25) is 9.10 Å². The summed E-state index contributed by atoms with van der Waals surface area (Å²) in [5.41, 5.74) is 1.80. The average molecular weight is 731 g/mol. The maximum absolute atomic E-state index is 13.3. The first-order valence-corrected chi connectivity index (χ1v) is 15.0. The molecule has 3 aromatic heterocycles. The molecule has 0 saturated carbocycles. The third-order valence-electron chi connectivity index (χ3n) is 5.68. The number of pyridine rings is 2. The van der Waals surface area contributed by atoms with E-state index < -0.39 is 22.5 Å². The van der Waals surface area contributed by atoms with Gasteiger partial charge in [0.25, 0.3) is 10.0 Å². The van der Waals surface area contributed by atoms with Crippen LogP contribution in [0.15, 0.2) is 90.2 Å². The predicted octanol–water partition coefficient (Wildman–Crippen LogP) is 6.04. The monoisotopic (exact) mass is 730 g/mol. The topological polar surface area (TPSA) is 153 Å². The van der Waals surface area contributed by atoms with Crippen LogP contribution in [0.1, 0.15) is 11.1 Å². The highest BCUT2D eigenvalue weighted by Crippen LogP contribution is 2.31. The lowest BCUT2D eigenvalue weighted by molar-refractivity contribution is -0.135. The number of nitriles is 2. The van der Waals surface area contributed by atoms with Gasteiger partial charge in [-0.15, -0.1) is 0 Å². The van der Waals surface area contributed by atoms with E-state index >= 15 is 0 Å². The second-order valence-corrected chi connectivity index (χ2v) is 12.1. The number of carboxylic acids is 1. The summed E-state index contributed by atoms with van der Waals surface area (Å²) < 4.78 is 29.9. The molecular formula is C28H17Cl2IN6O4S. The Morgan fingerprint density at radius 1 is 0.952 bits per heavy atom. The highest BCUT2D eigenvalue weighted by atomic mass is 127. The van der Waals surface area contributed by atoms with Crippen LogP contribution in [0.3, 0.4) is 0 Å². The van der Waals surface area contributed by atoms with E-state index in [1.807, 2.05) is 28.7 Å². The minimum atomic E-state index is -4.30. The highest BCUT2D eigenvalue weighted by molar-refractivity contribution is 14.1. The number of anilines is 1. The lowest BCUT2D eigenvalue weighted by atomic mass is 10.2. The molecule has 10 nitrogen and oxygen atoms in total. The number of aromatic nitrogens is 3. The number of hydrogen-bond acceptors (Lipinski definition) is 7. The van der Waals surface area contributed by atoms with Gasteiger partial charge in [-0.25, -0.2) is 18.4 Å². The number of hydrogen-bond donors (Lipinski definition) is 1.